The molecular weight excluding hydrogens is 402 g/mol. The monoisotopic (exact) mass is 433 g/mol. The average Bonchev–Trinajstić information content (AvgIpc) is 2.76. The van der Waals surface area contributed by atoms with Crippen LogP contribution in [-0.2, 0) is 20.8 Å². The van der Waals surface area contributed by atoms with Gasteiger partial charge in [-0.2, -0.15) is 0 Å². The number of carbonyl (C=O) groups is 1. The van der Waals surface area contributed by atoms with Gasteiger partial charge in [-0.15, -0.1) is 0 Å². The molecule has 0 bridgehead atoms. The number of amides is 1. The van der Waals surface area contributed by atoms with E-state index in [-0.39, 0.29) is 29.4 Å². The van der Waals surface area contributed by atoms with Crippen LogP contribution < -0.4 is 5.56 Å². The second kappa shape index (κ2) is 10.9. The molecule has 0 saturated carbocycles. The van der Waals surface area contributed by atoms with Crippen LogP contribution in [0, 0.1) is 0 Å². The number of carbonyl (C=O) groups excluding carboxylic acids is 1. The van der Waals surface area contributed by atoms with Crippen molar-refractivity contribution in [3.05, 3.63) is 34.6 Å². The van der Waals surface area contributed by atoms with Gasteiger partial charge in [0.1, 0.15) is 0 Å². The fraction of sp³-hybridized carbons (Fsp3) is 0.591. The summed E-state index contributed by atoms with van der Waals surface area (Å²) in [5, 5.41) is 1.17. The molecule has 1 unspecified atom stereocenters. The summed E-state index contributed by atoms with van der Waals surface area (Å²) in [4.78, 5) is 32.3. The Morgan fingerprint density at radius 3 is 2.93 bits per heavy atom. The highest BCUT2D eigenvalue weighted by molar-refractivity contribution is 7.99. The first kappa shape index (κ1) is 22.8. The summed E-state index contributed by atoms with van der Waals surface area (Å²) in [7, 11) is 0. The summed E-state index contributed by atoms with van der Waals surface area (Å²) in [6.07, 6.45) is 1.86. The lowest BCUT2D eigenvalue weighted by Crippen LogP contribution is -2.46. The SMILES string of the molecule is CCC1CN(C(=O)CSc2nc3ccccc3c(=O)n2CCCOC(C)C)CCO1. The Labute approximate surface area is 181 Å². The molecule has 0 radical (unpaired) electrons. The number of hydrogen-bond acceptors (Lipinski definition) is 6. The summed E-state index contributed by atoms with van der Waals surface area (Å²) in [5.41, 5.74) is 0.585. The van der Waals surface area contributed by atoms with Gasteiger partial charge in [-0.25, -0.2) is 4.98 Å². The molecule has 1 fully saturated rings. The number of thioether (sulfide) groups is 1. The number of benzene rings is 1. The van der Waals surface area contributed by atoms with Gasteiger partial charge in [-0.3, -0.25) is 14.2 Å². The van der Waals surface area contributed by atoms with Gasteiger partial charge in [0.05, 0.1) is 35.5 Å². The van der Waals surface area contributed by atoms with E-state index in [0.29, 0.717) is 55.3 Å². The van der Waals surface area contributed by atoms with Crippen molar-refractivity contribution in [2.24, 2.45) is 0 Å². The van der Waals surface area contributed by atoms with E-state index in [2.05, 4.69) is 11.9 Å². The van der Waals surface area contributed by atoms with Crippen LogP contribution in [0.4, 0.5) is 0 Å². The number of aromatic nitrogens is 2. The fourth-order valence-electron chi connectivity index (χ4n) is 3.41. The minimum atomic E-state index is -0.0717. The molecule has 0 spiro atoms. The summed E-state index contributed by atoms with van der Waals surface area (Å²) < 4.78 is 12.9. The van der Waals surface area contributed by atoms with E-state index in [1.807, 2.05) is 36.9 Å². The molecule has 1 saturated heterocycles. The van der Waals surface area contributed by atoms with Crippen LogP contribution in [-0.4, -0.2) is 64.6 Å². The highest BCUT2D eigenvalue weighted by Crippen LogP contribution is 2.20. The third-order valence-corrected chi connectivity index (χ3v) is 6.04. The Balaban J connectivity index is 1.74. The predicted octanol–water partition coefficient (Wildman–Crippen LogP) is 2.94. The molecule has 7 nitrogen and oxygen atoms in total. The second-order valence-corrected chi connectivity index (χ2v) is 8.61. The summed E-state index contributed by atoms with van der Waals surface area (Å²) in [6, 6.07) is 7.34. The Kier molecular flexibility index (Phi) is 8.30. The Morgan fingerprint density at radius 2 is 2.17 bits per heavy atom. The van der Waals surface area contributed by atoms with Gasteiger partial charge in [-0.1, -0.05) is 30.8 Å². The van der Waals surface area contributed by atoms with E-state index in [1.54, 1.807) is 10.6 Å². The molecule has 2 heterocycles. The molecule has 1 atom stereocenters. The van der Waals surface area contributed by atoms with E-state index in [4.69, 9.17) is 9.47 Å². The smallest absolute Gasteiger partial charge is 0.262 e. The van der Waals surface area contributed by atoms with Crippen LogP contribution in [0.25, 0.3) is 10.9 Å². The molecule has 2 aromatic rings. The topological polar surface area (TPSA) is 73.7 Å². The predicted molar refractivity (Wildman–Crippen MR) is 119 cm³/mol. The highest BCUT2D eigenvalue weighted by atomic mass is 32.2. The zero-order valence-electron chi connectivity index (χ0n) is 18.0. The van der Waals surface area contributed by atoms with Crippen LogP contribution in [0.15, 0.2) is 34.2 Å². The van der Waals surface area contributed by atoms with Crippen molar-refractivity contribution in [2.45, 2.75) is 57.5 Å². The van der Waals surface area contributed by atoms with E-state index in [1.165, 1.54) is 11.8 Å². The Bertz CT molecular complexity index is 915. The van der Waals surface area contributed by atoms with Gasteiger partial charge < -0.3 is 14.4 Å². The van der Waals surface area contributed by atoms with Crippen molar-refractivity contribution in [1.82, 2.24) is 14.5 Å². The van der Waals surface area contributed by atoms with Crippen molar-refractivity contribution >= 4 is 28.6 Å². The van der Waals surface area contributed by atoms with E-state index in [0.717, 1.165) is 6.42 Å². The molecule has 1 aliphatic rings. The highest BCUT2D eigenvalue weighted by Gasteiger charge is 2.23. The molecule has 8 heteroatoms. The Morgan fingerprint density at radius 1 is 1.37 bits per heavy atom. The van der Waals surface area contributed by atoms with Crippen LogP contribution in [0.5, 0.6) is 0 Å². The number of fused-ring (bicyclic) bond motifs is 1. The molecule has 3 rings (SSSR count). The maximum Gasteiger partial charge on any atom is 0.262 e. The van der Waals surface area contributed by atoms with Crippen LogP contribution in [0.2, 0.25) is 0 Å². The number of para-hydroxylation sites is 1. The van der Waals surface area contributed by atoms with Gasteiger partial charge in [0.15, 0.2) is 5.16 Å². The first-order valence-electron chi connectivity index (χ1n) is 10.6. The lowest BCUT2D eigenvalue weighted by molar-refractivity contribution is -0.135. The minimum Gasteiger partial charge on any atom is -0.379 e. The van der Waals surface area contributed by atoms with Gasteiger partial charge in [0, 0.05) is 26.2 Å². The van der Waals surface area contributed by atoms with Crippen molar-refractivity contribution in [1.29, 1.82) is 0 Å². The summed E-state index contributed by atoms with van der Waals surface area (Å²) in [5.74, 6) is 0.308. The van der Waals surface area contributed by atoms with Gasteiger partial charge >= 0.3 is 0 Å². The number of nitrogens with zero attached hydrogens (tertiary/aromatic N) is 3. The third kappa shape index (κ3) is 5.83. The van der Waals surface area contributed by atoms with Crippen LogP contribution in [0.1, 0.15) is 33.6 Å². The summed E-state index contributed by atoms with van der Waals surface area (Å²) >= 11 is 1.33. The molecule has 1 aliphatic heterocycles. The molecular formula is C22H31N3O4S. The molecule has 0 aliphatic carbocycles. The molecule has 1 aromatic carbocycles. The quantitative estimate of drug-likeness (QED) is 0.344. The fourth-order valence-corrected chi connectivity index (χ4v) is 4.34. The number of rotatable bonds is 9. The van der Waals surface area contributed by atoms with Crippen molar-refractivity contribution in [3.8, 4) is 0 Å². The van der Waals surface area contributed by atoms with Crippen molar-refractivity contribution in [3.63, 3.8) is 0 Å². The number of morpholine rings is 1. The maximum absolute atomic E-state index is 13.1. The first-order valence-corrected chi connectivity index (χ1v) is 11.6. The number of ether oxygens (including phenoxy) is 2. The molecule has 0 N–H and O–H groups in total. The van der Waals surface area contributed by atoms with Gasteiger partial charge in [0.25, 0.3) is 5.56 Å². The average molecular weight is 434 g/mol. The molecule has 1 aromatic heterocycles. The zero-order chi connectivity index (χ0) is 21.5. The zero-order valence-corrected chi connectivity index (χ0v) is 18.8. The van der Waals surface area contributed by atoms with Crippen LogP contribution >= 0.6 is 11.8 Å². The van der Waals surface area contributed by atoms with E-state index in [9.17, 15) is 9.59 Å². The number of hydrogen-bond donors (Lipinski definition) is 0. The van der Waals surface area contributed by atoms with Gasteiger partial charge in [-0.05, 0) is 38.8 Å². The standard InChI is InChI=1S/C22H31N3O4S/c1-4-17-14-24(11-13-29-17)20(26)15-30-22-23-19-9-6-5-8-18(19)21(27)25(22)10-7-12-28-16(2)3/h5-6,8-9,16-17H,4,7,10-15H2,1-3H3. The molecule has 164 valence electrons. The Hall–Kier alpha value is -1.90. The molecule has 1 amide bonds. The second-order valence-electron chi connectivity index (χ2n) is 7.67. The largest absolute Gasteiger partial charge is 0.379 e. The van der Waals surface area contributed by atoms with Crippen molar-refractivity contribution in [2.75, 3.05) is 32.1 Å². The lowest BCUT2D eigenvalue weighted by Gasteiger charge is -2.32. The normalized spacial score (nSPS) is 17.1. The lowest BCUT2D eigenvalue weighted by atomic mass is 10.2. The third-order valence-electron chi connectivity index (χ3n) is 5.08. The van der Waals surface area contributed by atoms with Crippen molar-refractivity contribution < 1.29 is 14.3 Å². The van der Waals surface area contributed by atoms with Gasteiger partial charge in [0.2, 0.25) is 5.91 Å². The molecule has 30 heavy (non-hydrogen) atoms. The summed E-state index contributed by atoms with van der Waals surface area (Å²) in [6.45, 7) is 8.94. The maximum atomic E-state index is 13.1. The minimum absolute atomic E-state index is 0.0545. The van der Waals surface area contributed by atoms with E-state index >= 15 is 0 Å². The van der Waals surface area contributed by atoms with Crippen LogP contribution in [0.3, 0.4) is 0 Å². The first-order chi connectivity index (χ1) is 14.5. The van der Waals surface area contributed by atoms with E-state index < -0.39 is 0 Å².